The van der Waals surface area contributed by atoms with Crippen molar-refractivity contribution < 1.29 is 14.3 Å². The van der Waals surface area contributed by atoms with Gasteiger partial charge >= 0.3 is 0 Å². The Morgan fingerprint density at radius 3 is 2.77 bits per heavy atom. The number of hydrogen-bond acceptors (Lipinski definition) is 4. The number of aromatic nitrogens is 2. The molecule has 0 saturated carbocycles. The van der Waals surface area contributed by atoms with Crippen molar-refractivity contribution in [3.8, 4) is 5.75 Å². The van der Waals surface area contributed by atoms with Crippen LogP contribution in [-0.4, -0.2) is 52.6 Å². The number of nitrogens with zero attached hydrogens (tertiary/aromatic N) is 3. The Morgan fingerprint density at radius 2 is 2.04 bits per heavy atom. The summed E-state index contributed by atoms with van der Waals surface area (Å²) in [6, 6.07) is 9.34. The lowest BCUT2D eigenvalue weighted by Gasteiger charge is -2.36. The number of rotatable bonds is 3. The fraction of sp³-hybridized carbons (Fsp3) is 0.421. The highest BCUT2D eigenvalue weighted by Crippen LogP contribution is 2.34. The summed E-state index contributed by atoms with van der Waals surface area (Å²) in [4.78, 5) is 28.7. The molecular formula is C19H22N4O3. The van der Waals surface area contributed by atoms with Crippen LogP contribution in [0.15, 0.2) is 36.5 Å². The molecule has 2 aromatic rings. The first-order valence-corrected chi connectivity index (χ1v) is 8.97. The van der Waals surface area contributed by atoms with Gasteiger partial charge < -0.3 is 9.64 Å². The fourth-order valence-corrected chi connectivity index (χ4v) is 3.69. The van der Waals surface area contributed by atoms with Crippen molar-refractivity contribution in [2.45, 2.75) is 31.8 Å². The van der Waals surface area contributed by atoms with Gasteiger partial charge in [0.15, 0.2) is 6.10 Å². The number of anilines is 1. The Labute approximate surface area is 151 Å². The highest BCUT2D eigenvalue weighted by molar-refractivity contribution is 6.03. The van der Waals surface area contributed by atoms with Crippen LogP contribution in [0.3, 0.4) is 0 Å². The van der Waals surface area contributed by atoms with Crippen LogP contribution in [0.2, 0.25) is 0 Å². The van der Waals surface area contributed by atoms with Crippen molar-refractivity contribution in [3.05, 3.63) is 42.2 Å². The Bertz CT molecular complexity index is 797. The molecule has 3 heterocycles. The molecule has 1 saturated heterocycles. The SMILES string of the molecule is CC1Oc2ccccc2N(CC(=O)N2CCC(c3ccn[nH]3)CC2)C1=O. The number of para-hydroxylation sites is 2. The van der Waals surface area contributed by atoms with E-state index in [2.05, 4.69) is 10.2 Å². The van der Waals surface area contributed by atoms with Gasteiger partial charge in [0.2, 0.25) is 5.91 Å². The van der Waals surface area contributed by atoms with E-state index >= 15 is 0 Å². The molecule has 0 aliphatic carbocycles. The molecule has 0 bridgehead atoms. The van der Waals surface area contributed by atoms with Crippen molar-refractivity contribution in [1.82, 2.24) is 15.1 Å². The molecule has 1 fully saturated rings. The predicted molar refractivity (Wildman–Crippen MR) is 96.0 cm³/mol. The predicted octanol–water partition coefficient (Wildman–Crippen LogP) is 1.93. The zero-order chi connectivity index (χ0) is 18.1. The Kier molecular flexibility index (Phi) is 4.36. The van der Waals surface area contributed by atoms with E-state index in [-0.39, 0.29) is 18.4 Å². The van der Waals surface area contributed by atoms with Gasteiger partial charge in [-0.25, -0.2) is 0 Å². The van der Waals surface area contributed by atoms with Gasteiger partial charge in [0.1, 0.15) is 12.3 Å². The van der Waals surface area contributed by atoms with Gasteiger partial charge in [0.25, 0.3) is 5.91 Å². The van der Waals surface area contributed by atoms with E-state index in [1.165, 1.54) is 0 Å². The second kappa shape index (κ2) is 6.82. The molecule has 2 amide bonds. The zero-order valence-corrected chi connectivity index (χ0v) is 14.7. The van der Waals surface area contributed by atoms with E-state index in [1.807, 2.05) is 35.2 Å². The van der Waals surface area contributed by atoms with Crippen LogP contribution in [0.4, 0.5) is 5.69 Å². The summed E-state index contributed by atoms with van der Waals surface area (Å²) in [5.74, 6) is 0.854. The highest BCUT2D eigenvalue weighted by Gasteiger charge is 2.34. The van der Waals surface area contributed by atoms with Gasteiger partial charge in [0.05, 0.1) is 5.69 Å². The number of hydrogen-bond donors (Lipinski definition) is 1. The summed E-state index contributed by atoms with van der Waals surface area (Å²) in [5, 5.41) is 7.02. The largest absolute Gasteiger partial charge is 0.479 e. The number of carbonyl (C=O) groups is 2. The summed E-state index contributed by atoms with van der Waals surface area (Å²) in [6.07, 6.45) is 2.98. The van der Waals surface area contributed by atoms with Crippen LogP contribution >= 0.6 is 0 Å². The second-order valence-corrected chi connectivity index (χ2v) is 6.82. The lowest BCUT2D eigenvalue weighted by atomic mass is 9.93. The van der Waals surface area contributed by atoms with Crippen LogP contribution in [0.5, 0.6) is 5.75 Å². The minimum absolute atomic E-state index is 0.0229. The van der Waals surface area contributed by atoms with E-state index in [1.54, 1.807) is 18.0 Å². The third kappa shape index (κ3) is 3.05. The number of piperidine rings is 1. The maximum atomic E-state index is 12.8. The third-order valence-corrected chi connectivity index (χ3v) is 5.18. The molecule has 1 aromatic carbocycles. The van der Waals surface area contributed by atoms with Crippen molar-refractivity contribution in [1.29, 1.82) is 0 Å². The van der Waals surface area contributed by atoms with Crippen LogP contribution in [0, 0.1) is 0 Å². The monoisotopic (exact) mass is 354 g/mol. The number of fused-ring (bicyclic) bond motifs is 1. The number of nitrogens with one attached hydrogen (secondary N) is 1. The average molecular weight is 354 g/mol. The fourth-order valence-electron chi connectivity index (χ4n) is 3.69. The minimum Gasteiger partial charge on any atom is -0.479 e. The number of H-pyrrole nitrogens is 1. The topological polar surface area (TPSA) is 78.5 Å². The zero-order valence-electron chi connectivity index (χ0n) is 14.7. The number of benzene rings is 1. The van der Waals surface area contributed by atoms with Crippen LogP contribution in [0.25, 0.3) is 0 Å². The van der Waals surface area contributed by atoms with Crippen molar-refractivity contribution >= 4 is 17.5 Å². The van der Waals surface area contributed by atoms with Crippen LogP contribution < -0.4 is 9.64 Å². The van der Waals surface area contributed by atoms with E-state index in [4.69, 9.17) is 4.74 Å². The lowest BCUT2D eigenvalue weighted by Crippen LogP contribution is -2.50. The molecule has 0 radical (unpaired) electrons. The van der Waals surface area contributed by atoms with Crippen molar-refractivity contribution in [2.75, 3.05) is 24.5 Å². The maximum Gasteiger partial charge on any atom is 0.268 e. The van der Waals surface area contributed by atoms with E-state index in [0.717, 1.165) is 18.5 Å². The molecule has 0 spiro atoms. The number of likely N-dealkylation sites (tertiary alicyclic amines) is 1. The van der Waals surface area contributed by atoms with Crippen LogP contribution in [0.1, 0.15) is 31.4 Å². The van der Waals surface area contributed by atoms with Gasteiger partial charge in [-0.2, -0.15) is 5.10 Å². The van der Waals surface area contributed by atoms with Gasteiger partial charge in [0, 0.05) is 30.9 Å². The molecule has 1 atom stereocenters. The van der Waals surface area contributed by atoms with E-state index in [9.17, 15) is 9.59 Å². The summed E-state index contributed by atoms with van der Waals surface area (Å²) in [5.41, 5.74) is 1.79. The van der Waals surface area contributed by atoms with Crippen molar-refractivity contribution in [2.24, 2.45) is 0 Å². The Morgan fingerprint density at radius 1 is 1.27 bits per heavy atom. The number of aromatic amines is 1. The molecule has 26 heavy (non-hydrogen) atoms. The first kappa shape index (κ1) is 16.6. The van der Waals surface area contributed by atoms with Crippen molar-refractivity contribution in [3.63, 3.8) is 0 Å². The average Bonchev–Trinajstić information content (AvgIpc) is 3.20. The van der Waals surface area contributed by atoms with E-state index < -0.39 is 6.10 Å². The minimum atomic E-state index is -0.580. The molecule has 136 valence electrons. The third-order valence-electron chi connectivity index (χ3n) is 5.18. The molecule has 2 aliphatic heterocycles. The lowest BCUT2D eigenvalue weighted by molar-refractivity contribution is -0.133. The second-order valence-electron chi connectivity index (χ2n) is 6.82. The summed E-state index contributed by atoms with van der Waals surface area (Å²) in [6.45, 7) is 3.15. The van der Waals surface area contributed by atoms with E-state index in [0.29, 0.717) is 30.4 Å². The Hall–Kier alpha value is -2.83. The summed E-state index contributed by atoms with van der Waals surface area (Å²) < 4.78 is 5.63. The van der Waals surface area contributed by atoms with Gasteiger partial charge in [-0.15, -0.1) is 0 Å². The van der Waals surface area contributed by atoms with Gasteiger partial charge in [-0.3, -0.25) is 19.6 Å². The smallest absolute Gasteiger partial charge is 0.268 e. The van der Waals surface area contributed by atoms with Crippen LogP contribution in [-0.2, 0) is 9.59 Å². The molecule has 4 rings (SSSR count). The maximum absolute atomic E-state index is 12.8. The highest BCUT2D eigenvalue weighted by atomic mass is 16.5. The molecule has 1 N–H and O–H groups in total. The summed E-state index contributed by atoms with van der Waals surface area (Å²) >= 11 is 0. The van der Waals surface area contributed by atoms with Gasteiger partial charge in [-0.1, -0.05) is 12.1 Å². The molecule has 1 unspecified atom stereocenters. The van der Waals surface area contributed by atoms with Gasteiger partial charge in [-0.05, 0) is 38.0 Å². The number of carbonyl (C=O) groups excluding carboxylic acids is 2. The Balaban J connectivity index is 1.43. The first-order chi connectivity index (χ1) is 12.6. The molecule has 1 aromatic heterocycles. The molecular weight excluding hydrogens is 332 g/mol. The standard InChI is InChI=1S/C19H22N4O3/c1-13-19(25)23(16-4-2-3-5-17(16)26-13)12-18(24)22-10-7-14(8-11-22)15-6-9-20-21-15/h2-6,9,13-14H,7-8,10-12H2,1H3,(H,20,21). The molecule has 2 aliphatic rings. The number of ether oxygens (including phenoxy) is 1. The summed E-state index contributed by atoms with van der Waals surface area (Å²) in [7, 11) is 0. The first-order valence-electron chi connectivity index (χ1n) is 8.97. The molecule has 7 nitrogen and oxygen atoms in total. The number of amides is 2. The normalized spacial score (nSPS) is 20.7. The molecule has 7 heteroatoms. The quantitative estimate of drug-likeness (QED) is 0.913.